The van der Waals surface area contributed by atoms with Crippen LogP contribution in [0.1, 0.15) is 25.3 Å². The average molecular weight is 306 g/mol. The van der Waals surface area contributed by atoms with Gasteiger partial charge in [-0.05, 0) is 43.4 Å². The summed E-state index contributed by atoms with van der Waals surface area (Å²) in [6.07, 6.45) is 1.93. The van der Waals surface area contributed by atoms with Crippen LogP contribution in [0, 0.1) is 5.92 Å². The van der Waals surface area contributed by atoms with Gasteiger partial charge in [-0.3, -0.25) is 9.59 Å². The molecule has 22 heavy (non-hydrogen) atoms. The van der Waals surface area contributed by atoms with E-state index in [0.29, 0.717) is 5.75 Å². The van der Waals surface area contributed by atoms with Crippen molar-refractivity contribution in [1.29, 1.82) is 0 Å². The molecule has 0 saturated heterocycles. The van der Waals surface area contributed by atoms with Crippen molar-refractivity contribution in [2.45, 2.75) is 31.9 Å². The molecule has 1 saturated carbocycles. The minimum atomic E-state index is -0.942. The Kier molecular flexibility index (Phi) is 5.03. The topological polar surface area (TPSA) is 87.7 Å². The highest BCUT2D eigenvalue weighted by Crippen LogP contribution is 2.38. The summed E-state index contributed by atoms with van der Waals surface area (Å²) in [5.74, 6) is -0.539. The fraction of sp³-hybridized carbons (Fsp3) is 0.500. The Labute approximate surface area is 129 Å². The van der Waals surface area contributed by atoms with Crippen LogP contribution in [-0.4, -0.2) is 36.2 Å². The van der Waals surface area contributed by atoms with Crippen molar-refractivity contribution in [3.8, 4) is 5.75 Å². The number of amides is 2. The molecule has 2 amide bonds. The lowest BCUT2D eigenvalue weighted by Crippen LogP contribution is -2.47. The molecule has 1 atom stereocenters. The third-order valence-corrected chi connectivity index (χ3v) is 3.86. The number of carbonyl (C=O) groups is 2. The number of methoxy groups -OCH3 is 1. The maximum atomic E-state index is 11.7. The Morgan fingerprint density at radius 1 is 1.32 bits per heavy atom. The molecule has 1 unspecified atom stereocenters. The van der Waals surface area contributed by atoms with Crippen LogP contribution < -0.4 is 15.4 Å². The molecular weight excluding hydrogens is 284 g/mol. The summed E-state index contributed by atoms with van der Waals surface area (Å²) in [4.78, 5) is 23.5. The van der Waals surface area contributed by atoms with E-state index in [1.165, 1.54) is 0 Å². The molecule has 0 bridgehead atoms. The molecule has 0 aromatic heterocycles. The highest BCUT2D eigenvalue weighted by Gasteiger charge is 2.40. The SMILES string of the molecule is COc1cccc(CNC(=O)C(=O)NCC(C)(O)C2CC2)c1. The minimum Gasteiger partial charge on any atom is -0.497 e. The van der Waals surface area contributed by atoms with Gasteiger partial charge < -0.3 is 20.5 Å². The smallest absolute Gasteiger partial charge is 0.309 e. The number of carbonyl (C=O) groups excluding carboxylic acids is 2. The van der Waals surface area contributed by atoms with Gasteiger partial charge in [-0.2, -0.15) is 0 Å². The van der Waals surface area contributed by atoms with Gasteiger partial charge in [-0.25, -0.2) is 0 Å². The lowest BCUT2D eigenvalue weighted by Gasteiger charge is -2.22. The predicted molar refractivity (Wildman–Crippen MR) is 81.2 cm³/mol. The Hall–Kier alpha value is -2.08. The van der Waals surface area contributed by atoms with E-state index < -0.39 is 17.4 Å². The zero-order valence-electron chi connectivity index (χ0n) is 12.9. The molecule has 0 heterocycles. The van der Waals surface area contributed by atoms with Gasteiger partial charge in [-0.15, -0.1) is 0 Å². The van der Waals surface area contributed by atoms with Crippen molar-refractivity contribution in [1.82, 2.24) is 10.6 Å². The number of aliphatic hydroxyl groups is 1. The largest absolute Gasteiger partial charge is 0.497 e. The van der Waals surface area contributed by atoms with Gasteiger partial charge in [0.1, 0.15) is 5.75 Å². The molecule has 1 aliphatic carbocycles. The van der Waals surface area contributed by atoms with Crippen LogP contribution in [0.2, 0.25) is 0 Å². The molecule has 1 aromatic rings. The first-order chi connectivity index (χ1) is 10.4. The molecule has 120 valence electrons. The van der Waals surface area contributed by atoms with Gasteiger partial charge in [-0.1, -0.05) is 12.1 Å². The maximum absolute atomic E-state index is 11.7. The summed E-state index contributed by atoms with van der Waals surface area (Å²) in [7, 11) is 1.57. The van der Waals surface area contributed by atoms with Gasteiger partial charge in [0.05, 0.1) is 12.7 Å². The maximum Gasteiger partial charge on any atom is 0.309 e. The molecule has 0 spiro atoms. The molecule has 0 radical (unpaired) electrons. The van der Waals surface area contributed by atoms with E-state index in [1.54, 1.807) is 26.2 Å². The van der Waals surface area contributed by atoms with Crippen LogP contribution in [0.3, 0.4) is 0 Å². The summed E-state index contributed by atoms with van der Waals surface area (Å²) in [6, 6.07) is 7.24. The Bertz CT molecular complexity index is 553. The lowest BCUT2D eigenvalue weighted by molar-refractivity contribution is -0.140. The van der Waals surface area contributed by atoms with E-state index >= 15 is 0 Å². The quantitative estimate of drug-likeness (QED) is 0.671. The van der Waals surface area contributed by atoms with Crippen LogP contribution in [0.25, 0.3) is 0 Å². The van der Waals surface area contributed by atoms with E-state index in [2.05, 4.69) is 10.6 Å². The molecule has 1 fully saturated rings. The van der Waals surface area contributed by atoms with Crippen molar-refractivity contribution in [3.05, 3.63) is 29.8 Å². The number of benzene rings is 1. The molecule has 2 rings (SSSR count). The van der Waals surface area contributed by atoms with E-state index in [1.807, 2.05) is 12.1 Å². The number of hydrogen-bond acceptors (Lipinski definition) is 4. The van der Waals surface area contributed by atoms with Crippen LogP contribution in [-0.2, 0) is 16.1 Å². The second-order valence-electron chi connectivity index (χ2n) is 5.85. The fourth-order valence-corrected chi connectivity index (χ4v) is 2.23. The van der Waals surface area contributed by atoms with Crippen molar-refractivity contribution >= 4 is 11.8 Å². The zero-order chi connectivity index (χ0) is 16.2. The Balaban J connectivity index is 1.77. The van der Waals surface area contributed by atoms with E-state index in [-0.39, 0.29) is 19.0 Å². The molecule has 1 aromatic carbocycles. The van der Waals surface area contributed by atoms with Crippen LogP contribution in [0.4, 0.5) is 0 Å². The molecule has 0 aliphatic heterocycles. The molecular formula is C16H22N2O4. The molecule has 6 heteroatoms. The van der Waals surface area contributed by atoms with Crippen LogP contribution >= 0.6 is 0 Å². The standard InChI is InChI=1S/C16H22N2O4/c1-16(21,12-6-7-12)10-18-15(20)14(19)17-9-11-4-3-5-13(8-11)22-2/h3-5,8,12,21H,6-7,9-10H2,1-2H3,(H,17,19)(H,18,20). The number of rotatable bonds is 6. The van der Waals surface area contributed by atoms with E-state index in [4.69, 9.17) is 4.74 Å². The zero-order valence-corrected chi connectivity index (χ0v) is 12.9. The summed E-state index contributed by atoms with van der Waals surface area (Å²) in [5, 5.41) is 15.1. The number of hydrogen-bond donors (Lipinski definition) is 3. The van der Waals surface area contributed by atoms with Gasteiger partial charge in [0, 0.05) is 13.1 Å². The van der Waals surface area contributed by atoms with Crippen molar-refractivity contribution in [3.63, 3.8) is 0 Å². The highest BCUT2D eigenvalue weighted by atomic mass is 16.5. The van der Waals surface area contributed by atoms with Crippen molar-refractivity contribution in [2.75, 3.05) is 13.7 Å². The Morgan fingerprint density at radius 3 is 2.64 bits per heavy atom. The summed E-state index contributed by atoms with van der Waals surface area (Å²) < 4.78 is 5.09. The second-order valence-corrected chi connectivity index (χ2v) is 5.85. The van der Waals surface area contributed by atoms with Gasteiger partial charge in [0.15, 0.2) is 0 Å². The van der Waals surface area contributed by atoms with E-state index in [0.717, 1.165) is 18.4 Å². The second kappa shape index (κ2) is 6.79. The third kappa shape index (κ3) is 4.46. The van der Waals surface area contributed by atoms with Gasteiger partial charge in [0.25, 0.3) is 0 Å². The van der Waals surface area contributed by atoms with Crippen LogP contribution in [0.15, 0.2) is 24.3 Å². The monoisotopic (exact) mass is 306 g/mol. The first-order valence-corrected chi connectivity index (χ1v) is 7.33. The number of nitrogens with one attached hydrogen (secondary N) is 2. The normalized spacial score (nSPS) is 16.5. The third-order valence-electron chi connectivity index (χ3n) is 3.86. The van der Waals surface area contributed by atoms with E-state index in [9.17, 15) is 14.7 Å². The highest BCUT2D eigenvalue weighted by molar-refractivity contribution is 6.35. The van der Waals surface area contributed by atoms with Crippen molar-refractivity contribution in [2.24, 2.45) is 5.92 Å². The first-order valence-electron chi connectivity index (χ1n) is 7.33. The average Bonchev–Trinajstić information content (AvgIpc) is 3.35. The van der Waals surface area contributed by atoms with Crippen molar-refractivity contribution < 1.29 is 19.4 Å². The first kappa shape index (κ1) is 16.3. The molecule has 3 N–H and O–H groups in total. The van der Waals surface area contributed by atoms with Gasteiger partial charge >= 0.3 is 11.8 Å². The Morgan fingerprint density at radius 2 is 2.00 bits per heavy atom. The fourth-order valence-electron chi connectivity index (χ4n) is 2.23. The summed E-state index contributed by atoms with van der Waals surface area (Å²) in [5.41, 5.74) is -0.103. The molecule has 6 nitrogen and oxygen atoms in total. The minimum absolute atomic E-state index is 0.0864. The summed E-state index contributed by atoms with van der Waals surface area (Å²) >= 11 is 0. The van der Waals surface area contributed by atoms with Gasteiger partial charge in [0.2, 0.25) is 0 Å². The molecule has 1 aliphatic rings. The van der Waals surface area contributed by atoms with Crippen LogP contribution in [0.5, 0.6) is 5.75 Å². The number of ether oxygens (including phenoxy) is 1. The lowest BCUT2D eigenvalue weighted by atomic mass is 10.0. The predicted octanol–water partition coefficient (Wildman–Crippen LogP) is 0.589. The summed E-state index contributed by atoms with van der Waals surface area (Å²) in [6.45, 7) is 2.00.